The molecular formula is C23H29N3O2. The zero-order valence-corrected chi connectivity index (χ0v) is 16.6. The van der Waals surface area contributed by atoms with E-state index in [1.165, 1.54) is 17.3 Å². The normalized spacial score (nSPS) is 15.2. The van der Waals surface area contributed by atoms with Gasteiger partial charge in [-0.1, -0.05) is 44.2 Å². The molecular weight excluding hydrogens is 350 g/mol. The number of amides is 1. The van der Waals surface area contributed by atoms with E-state index in [-0.39, 0.29) is 0 Å². The molecule has 1 saturated heterocycles. The molecule has 5 nitrogen and oxygen atoms in total. The molecule has 0 saturated carbocycles. The van der Waals surface area contributed by atoms with E-state index >= 15 is 0 Å². The second-order valence-corrected chi connectivity index (χ2v) is 7.55. The molecule has 1 aliphatic rings. The topological polar surface area (TPSA) is 64.6 Å². The highest BCUT2D eigenvalue weighted by Crippen LogP contribution is 2.27. The lowest BCUT2D eigenvalue weighted by Crippen LogP contribution is -2.39. The molecule has 1 amide bonds. The summed E-state index contributed by atoms with van der Waals surface area (Å²) < 4.78 is 0. The van der Waals surface area contributed by atoms with Crippen molar-refractivity contribution in [3.05, 3.63) is 65.7 Å². The van der Waals surface area contributed by atoms with Crippen LogP contribution in [0, 0.1) is 0 Å². The Morgan fingerprint density at radius 1 is 1.11 bits per heavy atom. The van der Waals surface area contributed by atoms with E-state index in [1.807, 2.05) is 18.2 Å². The summed E-state index contributed by atoms with van der Waals surface area (Å²) in [7, 11) is 0. The third-order valence-electron chi connectivity index (χ3n) is 5.25. The van der Waals surface area contributed by atoms with Gasteiger partial charge in [0.05, 0.1) is 0 Å². The van der Waals surface area contributed by atoms with Crippen molar-refractivity contribution in [2.24, 2.45) is 0 Å². The Labute approximate surface area is 167 Å². The Balaban J connectivity index is 1.60. The molecule has 1 heterocycles. The van der Waals surface area contributed by atoms with Crippen LogP contribution in [0.3, 0.4) is 0 Å². The van der Waals surface area contributed by atoms with Gasteiger partial charge in [-0.25, -0.2) is 5.48 Å². The second kappa shape index (κ2) is 9.42. The first-order valence-electron chi connectivity index (χ1n) is 9.89. The summed E-state index contributed by atoms with van der Waals surface area (Å²) in [5.74, 6) is 0.0241. The van der Waals surface area contributed by atoms with E-state index in [4.69, 9.17) is 5.21 Å². The molecule has 2 aromatic rings. The first-order valence-corrected chi connectivity index (χ1v) is 9.89. The molecule has 3 rings (SSSR count). The first-order chi connectivity index (χ1) is 13.6. The number of hydroxylamine groups is 1. The zero-order chi connectivity index (χ0) is 19.9. The van der Waals surface area contributed by atoms with E-state index in [1.54, 1.807) is 11.6 Å². The summed E-state index contributed by atoms with van der Waals surface area (Å²) >= 11 is 0. The summed E-state index contributed by atoms with van der Waals surface area (Å²) in [5, 5.41) is 12.3. The maximum Gasteiger partial charge on any atom is 0.267 e. The third-order valence-corrected chi connectivity index (χ3v) is 5.25. The van der Waals surface area contributed by atoms with Gasteiger partial charge in [0.25, 0.3) is 5.91 Å². The van der Waals surface area contributed by atoms with Gasteiger partial charge < -0.3 is 10.2 Å². The molecule has 1 aliphatic heterocycles. The van der Waals surface area contributed by atoms with Gasteiger partial charge in [-0.15, -0.1) is 0 Å². The number of nitrogens with one attached hydrogen (secondary N) is 2. The highest BCUT2D eigenvalue weighted by molar-refractivity contribution is 5.91. The van der Waals surface area contributed by atoms with Crippen LogP contribution in [-0.4, -0.2) is 30.2 Å². The molecule has 0 unspecified atom stereocenters. The smallest absolute Gasteiger partial charge is 0.267 e. The lowest BCUT2D eigenvalue weighted by molar-refractivity contribution is -0.124. The quantitative estimate of drug-likeness (QED) is 0.395. The van der Waals surface area contributed by atoms with Crippen molar-refractivity contribution in [3.63, 3.8) is 0 Å². The molecule has 0 aromatic heterocycles. The summed E-state index contributed by atoms with van der Waals surface area (Å²) in [4.78, 5) is 13.6. The average Bonchev–Trinajstić information content (AvgIpc) is 2.73. The largest absolute Gasteiger partial charge is 0.382 e. The van der Waals surface area contributed by atoms with Crippen molar-refractivity contribution in [1.29, 1.82) is 0 Å². The third kappa shape index (κ3) is 5.14. The minimum Gasteiger partial charge on any atom is -0.382 e. The number of hydrogen-bond acceptors (Lipinski definition) is 4. The standard InChI is InChI=1S/C23H29N3O2/c1-17(2)18-7-10-20(11-8-18)24-21-13-15-26(16-14-21)22-6-4-3-5-19(22)9-12-23(27)25-28/h3-12,17,21,24,28H,13-16H2,1-2H3,(H,25,27)/b12-9+. The summed E-state index contributed by atoms with van der Waals surface area (Å²) in [5.41, 5.74) is 6.26. The Morgan fingerprint density at radius 2 is 1.79 bits per heavy atom. The van der Waals surface area contributed by atoms with Crippen molar-refractivity contribution in [2.75, 3.05) is 23.3 Å². The van der Waals surface area contributed by atoms with Crippen molar-refractivity contribution < 1.29 is 10.0 Å². The highest BCUT2D eigenvalue weighted by Gasteiger charge is 2.20. The van der Waals surface area contributed by atoms with Gasteiger partial charge in [-0.2, -0.15) is 0 Å². The first kappa shape index (κ1) is 20.0. The van der Waals surface area contributed by atoms with Crippen molar-refractivity contribution >= 4 is 23.4 Å². The van der Waals surface area contributed by atoms with Crippen LogP contribution in [-0.2, 0) is 4.79 Å². The zero-order valence-electron chi connectivity index (χ0n) is 16.6. The second-order valence-electron chi connectivity index (χ2n) is 7.55. The molecule has 0 spiro atoms. The number of carbonyl (C=O) groups is 1. The van der Waals surface area contributed by atoms with Crippen LogP contribution in [0.2, 0.25) is 0 Å². The van der Waals surface area contributed by atoms with Crippen LogP contribution in [0.25, 0.3) is 6.08 Å². The number of hydrogen-bond donors (Lipinski definition) is 3. The van der Waals surface area contributed by atoms with Crippen LogP contribution in [0.4, 0.5) is 11.4 Å². The van der Waals surface area contributed by atoms with Gasteiger partial charge in [-0.05, 0) is 54.2 Å². The van der Waals surface area contributed by atoms with Crippen molar-refractivity contribution in [1.82, 2.24) is 5.48 Å². The van der Waals surface area contributed by atoms with Gasteiger partial charge in [0.15, 0.2) is 0 Å². The lowest BCUT2D eigenvalue weighted by Gasteiger charge is -2.35. The van der Waals surface area contributed by atoms with Crippen LogP contribution >= 0.6 is 0 Å². The maximum absolute atomic E-state index is 11.3. The van der Waals surface area contributed by atoms with E-state index < -0.39 is 5.91 Å². The predicted octanol–water partition coefficient (Wildman–Crippen LogP) is 4.41. The molecule has 148 valence electrons. The Hall–Kier alpha value is -2.79. The molecule has 5 heteroatoms. The fourth-order valence-electron chi connectivity index (χ4n) is 3.58. The lowest BCUT2D eigenvalue weighted by atomic mass is 10.0. The number of benzene rings is 2. The molecule has 3 N–H and O–H groups in total. The van der Waals surface area contributed by atoms with E-state index in [2.05, 4.69) is 54.4 Å². The fourth-order valence-corrected chi connectivity index (χ4v) is 3.58. The van der Waals surface area contributed by atoms with E-state index in [0.717, 1.165) is 37.2 Å². The fraction of sp³-hybridized carbons (Fsp3) is 0.348. The van der Waals surface area contributed by atoms with Gasteiger partial charge in [0.1, 0.15) is 0 Å². The molecule has 28 heavy (non-hydrogen) atoms. The number of carbonyl (C=O) groups excluding carboxylic acids is 1. The van der Waals surface area contributed by atoms with Crippen LogP contribution in [0.15, 0.2) is 54.6 Å². The molecule has 1 fully saturated rings. The Bertz CT molecular complexity index is 807. The number of nitrogens with zero attached hydrogens (tertiary/aromatic N) is 1. The minimum absolute atomic E-state index is 0.462. The monoisotopic (exact) mass is 379 g/mol. The number of rotatable bonds is 6. The molecule has 2 aromatic carbocycles. The van der Waals surface area contributed by atoms with Crippen molar-refractivity contribution in [2.45, 2.75) is 38.6 Å². The molecule has 0 atom stereocenters. The van der Waals surface area contributed by atoms with Gasteiger partial charge in [0, 0.05) is 36.6 Å². The summed E-state index contributed by atoms with van der Waals surface area (Å²) in [6, 6.07) is 17.2. The molecule has 0 radical (unpaired) electrons. The van der Waals surface area contributed by atoms with Crippen LogP contribution < -0.4 is 15.7 Å². The summed E-state index contributed by atoms with van der Waals surface area (Å²) in [6.45, 7) is 6.33. The number of para-hydroxylation sites is 1. The SMILES string of the molecule is CC(C)c1ccc(NC2CCN(c3ccccc3/C=C/C(=O)NO)CC2)cc1. The minimum atomic E-state index is -0.527. The van der Waals surface area contributed by atoms with E-state index in [9.17, 15) is 4.79 Å². The highest BCUT2D eigenvalue weighted by atomic mass is 16.5. The Morgan fingerprint density at radius 3 is 2.43 bits per heavy atom. The van der Waals surface area contributed by atoms with Gasteiger partial charge in [-0.3, -0.25) is 10.0 Å². The average molecular weight is 380 g/mol. The van der Waals surface area contributed by atoms with Gasteiger partial charge in [0.2, 0.25) is 0 Å². The van der Waals surface area contributed by atoms with Crippen LogP contribution in [0.1, 0.15) is 43.7 Å². The Kier molecular flexibility index (Phi) is 6.71. The van der Waals surface area contributed by atoms with Crippen LogP contribution in [0.5, 0.6) is 0 Å². The molecule has 0 aliphatic carbocycles. The predicted molar refractivity (Wildman–Crippen MR) is 115 cm³/mol. The number of anilines is 2. The number of piperidine rings is 1. The maximum atomic E-state index is 11.3. The van der Waals surface area contributed by atoms with Crippen molar-refractivity contribution in [3.8, 4) is 0 Å². The molecule has 0 bridgehead atoms. The summed E-state index contributed by atoms with van der Waals surface area (Å²) in [6.07, 6.45) is 5.19. The van der Waals surface area contributed by atoms with Gasteiger partial charge >= 0.3 is 0 Å². The van der Waals surface area contributed by atoms with E-state index in [0.29, 0.717) is 12.0 Å².